The molecular weight excluding hydrogens is 338 g/mol. The first-order chi connectivity index (χ1) is 12.8. The summed E-state index contributed by atoms with van der Waals surface area (Å²) in [5.41, 5.74) is 2.21. The van der Waals surface area contributed by atoms with E-state index < -0.39 is 12.0 Å². The number of amides is 1. The van der Waals surface area contributed by atoms with Crippen LogP contribution >= 0.6 is 0 Å². The van der Waals surface area contributed by atoms with E-state index in [4.69, 9.17) is 0 Å². The Bertz CT molecular complexity index is 686. The molecule has 4 saturated carbocycles. The van der Waals surface area contributed by atoms with E-state index in [1.807, 2.05) is 26.0 Å². The molecular formula is C23H30NO3-. The monoisotopic (exact) mass is 368 g/mol. The molecule has 4 nitrogen and oxygen atoms in total. The van der Waals surface area contributed by atoms with Crippen molar-refractivity contribution in [1.82, 2.24) is 5.32 Å². The fourth-order valence-electron chi connectivity index (χ4n) is 6.37. The summed E-state index contributed by atoms with van der Waals surface area (Å²) >= 11 is 0. The summed E-state index contributed by atoms with van der Waals surface area (Å²) in [6, 6.07) is 7.01. The standard InChI is InChI=1S/C23H31NO3/c1-14(2)7-20(22(26)27)24-21(25)18-3-5-19(6-4-18)23-11-15-8-16(12-23)10-17(9-15)13-23/h3-6,14-17,20H,7-13H2,1-2H3,(H,24,25)(H,26,27)/p-1/t15?,16?,17?,20-,23?/m1/s1. The highest BCUT2D eigenvalue weighted by Gasteiger charge is 2.51. The first-order valence-electron chi connectivity index (χ1n) is 10.5. The van der Waals surface area contributed by atoms with Gasteiger partial charge in [0.1, 0.15) is 0 Å². The van der Waals surface area contributed by atoms with Crippen LogP contribution in [0.2, 0.25) is 0 Å². The number of aliphatic carboxylic acids is 1. The summed E-state index contributed by atoms with van der Waals surface area (Å²) in [6.45, 7) is 3.87. The van der Waals surface area contributed by atoms with Gasteiger partial charge in [-0.05, 0) is 91.7 Å². The Kier molecular flexibility index (Phi) is 4.77. The molecule has 5 rings (SSSR count). The average molecular weight is 368 g/mol. The average Bonchev–Trinajstić information content (AvgIpc) is 2.59. The molecule has 4 aliphatic carbocycles. The number of carbonyl (C=O) groups excluding carboxylic acids is 2. The van der Waals surface area contributed by atoms with E-state index in [2.05, 4.69) is 17.4 Å². The molecule has 1 aromatic carbocycles. The van der Waals surface area contributed by atoms with E-state index in [-0.39, 0.29) is 11.8 Å². The third-order valence-electron chi connectivity index (χ3n) is 7.09. The summed E-state index contributed by atoms with van der Waals surface area (Å²) < 4.78 is 0. The van der Waals surface area contributed by atoms with Gasteiger partial charge in [-0.1, -0.05) is 26.0 Å². The van der Waals surface area contributed by atoms with Crippen molar-refractivity contribution in [3.05, 3.63) is 35.4 Å². The normalized spacial score (nSPS) is 32.5. The molecule has 27 heavy (non-hydrogen) atoms. The van der Waals surface area contributed by atoms with E-state index in [9.17, 15) is 14.7 Å². The van der Waals surface area contributed by atoms with Gasteiger partial charge in [0.05, 0.1) is 12.0 Å². The Hall–Kier alpha value is -1.84. The fraction of sp³-hybridized carbons (Fsp3) is 0.652. The molecule has 0 saturated heterocycles. The van der Waals surface area contributed by atoms with Crippen molar-refractivity contribution in [2.75, 3.05) is 0 Å². The summed E-state index contributed by atoms with van der Waals surface area (Å²) in [5.74, 6) is 1.29. The molecule has 1 amide bonds. The topological polar surface area (TPSA) is 69.2 Å². The zero-order valence-corrected chi connectivity index (χ0v) is 16.4. The van der Waals surface area contributed by atoms with Gasteiger partial charge in [0.25, 0.3) is 5.91 Å². The van der Waals surface area contributed by atoms with Crippen LogP contribution in [0.4, 0.5) is 0 Å². The maximum Gasteiger partial charge on any atom is 0.251 e. The Labute approximate surface area is 161 Å². The molecule has 4 heteroatoms. The van der Waals surface area contributed by atoms with Crippen molar-refractivity contribution in [3.8, 4) is 0 Å². The van der Waals surface area contributed by atoms with Crippen LogP contribution < -0.4 is 10.4 Å². The minimum Gasteiger partial charge on any atom is -0.548 e. The van der Waals surface area contributed by atoms with Crippen LogP contribution in [-0.2, 0) is 10.2 Å². The molecule has 4 fully saturated rings. The van der Waals surface area contributed by atoms with Crippen molar-refractivity contribution in [2.24, 2.45) is 23.7 Å². The lowest BCUT2D eigenvalue weighted by atomic mass is 9.48. The Morgan fingerprint density at radius 3 is 2.00 bits per heavy atom. The molecule has 4 bridgehead atoms. The lowest BCUT2D eigenvalue weighted by Crippen LogP contribution is -2.49. The van der Waals surface area contributed by atoms with Gasteiger partial charge in [0, 0.05) is 5.56 Å². The number of carboxylic acid groups (broad SMARTS) is 1. The maximum atomic E-state index is 12.5. The molecule has 0 heterocycles. The lowest BCUT2D eigenvalue weighted by molar-refractivity contribution is -0.308. The van der Waals surface area contributed by atoms with Gasteiger partial charge in [0.2, 0.25) is 0 Å². The Morgan fingerprint density at radius 1 is 1.04 bits per heavy atom. The fourth-order valence-corrected chi connectivity index (χ4v) is 6.37. The van der Waals surface area contributed by atoms with Gasteiger partial charge < -0.3 is 15.2 Å². The van der Waals surface area contributed by atoms with Crippen LogP contribution in [-0.4, -0.2) is 17.9 Å². The van der Waals surface area contributed by atoms with Crippen molar-refractivity contribution in [2.45, 2.75) is 70.3 Å². The summed E-state index contributed by atoms with van der Waals surface area (Å²) in [4.78, 5) is 23.8. The molecule has 1 aromatic rings. The van der Waals surface area contributed by atoms with E-state index in [0.717, 1.165) is 17.8 Å². The van der Waals surface area contributed by atoms with Crippen molar-refractivity contribution < 1.29 is 14.7 Å². The van der Waals surface area contributed by atoms with Crippen LogP contribution in [0.3, 0.4) is 0 Å². The van der Waals surface area contributed by atoms with Gasteiger partial charge in [-0.15, -0.1) is 0 Å². The van der Waals surface area contributed by atoms with Crippen LogP contribution in [0.5, 0.6) is 0 Å². The highest BCUT2D eigenvalue weighted by molar-refractivity contribution is 5.96. The van der Waals surface area contributed by atoms with Gasteiger partial charge in [-0.25, -0.2) is 0 Å². The summed E-state index contributed by atoms with van der Waals surface area (Å²) in [6.07, 6.45) is 8.52. The Morgan fingerprint density at radius 2 is 1.56 bits per heavy atom. The molecule has 0 aliphatic heterocycles. The predicted octanol–water partition coefficient (Wildman–Crippen LogP) is 3.05. The first kappa shape index (κ1) is 18.5. The third kappa shape index (κ3) is 3.63. The second kappa shape index (κ2) is 6.96. The molecule has 4 aliphatic rings. The van der Waals surface area contributed by atoms with Gasteiger partial charge >= 0.3 is 0 Å². The highest BCUT2D eigenvalue weighted by atomic mass is 16.4. The quantitative estimate of drug-likeness (QED) is 0.839. The number of rotatable bonds is 6. The highest BCUT2D eigenvalue weighted by Crippen LogP contribution is 2.60. The number of nitrogens with one attached hydrogen (secondary N) is 1. The second-order valence-electron chi connectivity index (χ2n) is 9.75. The van der Waals surface area contributed by atoms with Crippen LogP contribution in [0.25, 0.3) is 0 Å². The van der Waals surface area contributed by atoms with E-state index in [1.54, 1.807) is 0 Å². The SMILES string of the molecule is CC(C)C[C@@H](NC(=O)c1ccc(C23CC4CC(CC(C4)C2)C3)cc1)C(=O)[O-]. The van der Waals surface area contributed by atoms with E-state index in [1.165, 1.54) is 44.1 Å². The minimum absolute atomic E-state index is 0.173. The zero-order valence-electron chi connectivity index (χ0n) is 16.4. The number of carboxylic acids is 1. The molecule has 1 atom stereocenters. The number of hydrogen-bond donors (Lipinski definition) is 1. The molecule has 0 radical (unpaired) electrons. The predicted molar refractivity (Wildman–Crippen MR) is 102 cm³/mol. The van der Waals surface area contributed by atoms with E-state index >= 15 is 0 Å². The molecule has 0 spiro atoms. The smallest absolute Gasteiger partial charge is 0.251 e. The van der Waals surface area contributed by atoms with E-state index in [0.29, 0.717) is 17.4 Å². The molecule has 0 aromatic heterocycles. The summed E-state index contributed by atoms with van der Waals surface area (Å²) in [7, 11) is 0. The lowest BCUT2D eigenvalue weighted by Gasteiger charge is -2.57. The Balaban J connectivity index is 1.47. The largest absolute Gasteiger partial charge is 0.548 e. The minimum atomic E-state index is -1.22. The van der Waals surface area contributed by atoms with Crippen molar-refractivity contribution in [1.29, 1.82) is 0 Å². The van der Waals surface area contributed by atoms with Crippen LogP contribution in [0, 0.1) is 23.7 Å². The molecule has 1 N–H and O–H groups in total. The van der Waals surface area contributed by atoms with Crippen molar-refractivity contribution in [3.63, 3.8) is 0 Å². The van der Waals surface area contributed by atoms with Crippen molar-refractivity contribution >= 4 is 11.9 Å². The number of benzene rings is 1. The summed E-state index contributed by atoms with van der Waals surface area (Å²) in [5, 5.41) is 13.9. The van der Waals surface area contributed by atoms with Crippen LogP contribution in [0.15, 0.2) is 24.3 Å². The third-order valence-corrected chi connectivity index (χ3v) is 7.09. The molecule has 0 unspecified atom stereocenters. The number of carbonyl (C=O) groups is 2. The van der Waals surface area contributed by atoms with Gasteiger partial charge in [0.15, 0.2) is 0 Å². The van der Waals surface area contributed by atoms with Gasteiger partial charge in [-0.2, -0.15) is 0 Å². The zero-order chi connectivity index (χ0) is 19.2. The maximum absolute atomic E-state index is 12.5. The van der Waals surface area contributed by atoms with Crippen LogP contribution in [0.1, 0.15) is 74.7 Å². The first-order valence-corrected chi connectivity index (χ1v) is 10.5. The van der Waals surface area contributed by atoms with Gasteiger partial charge in [-0.3, -0.25) is 4.79 Å². The second-order valence-corrected chi connectivity index (χ2v) is 9.75. The molecule has 146 valence electrons. The number of hydrogen-bond acceptors (Lipinski definition) is 3.